The summed E-state index contributed by atoms with van der Waals surface area (Å²) in [5.74, 6) is 0.948. The summed E-state index contributed by atoms with van der Waals surface area (Å²) < 4.78 is 2.88. The van der Waals surface area contributed by atoms with Gasteiger partial charge in [-0.3, -0.25) is 4.72 Å². The third-order valence-corrected chi connectivity index (χ3v) is 4.87. The molecule has 1 saturated carbocycles. The number of nitrogens with one attached hydrogen (secondary N) is 2. The number of amides is 2. The molecule has 1 aliphatic rings. The van der Waals surface area contributed by atoms with Gasteiger partial charge in [-0.1, -0.05) is 43.3 Å². The Labute approximate surface area is 141 Å². The molecule has 0 spiro atoms. The van der Waals surface area contributed by atoms with Crippen LogP contribution in [0.5, 0.6) is 0 Å². The van der Waals surface area contributed by atoms with Crippen molar-refractivity contribution in [2.75, 3.05) is 12.8 Å². The van der Waals surface area contributed by atoms with Crippen molar-refractivity contribution in [1.29, 1.82) is 0 Å². The fourth-order valence-corrected chi connectivity index (χ4v) is 3.63. The summed E-state index contributed by atoms with van der Waals surface area (Å²) in [5.41, 5.74) is 2.04. The molecule has 1 fully saturated rings. The zero-order valence-corrected chi connectivity index (χ0v) is 14.4. The molecule has 3 rings (SSSR count). The number of hydrogen-bond acceptors (Lipinski definition) is 3. The average Bonchev–Trinajstić information content (AvgIpc) is 2.99. The predicted molar refractivity (Wildman–Crippen MR) is 95.4 cm³/mol. The number of fused-ring (bicyclic) bond motifs is 1. The van der Waals surface area contributed by atoms with E-state index in [1.165, 1.54) is 31.2 Å². The number of para-hydroxylation sites is 2. The number of rotatable bonds is 5. The SMILES string of the molecule is CSNC(=O)N(CCc1nc2ccccc2[nH]1)C1CCCCC1. The third-order valence-electron chi connectivity index (χ3n) is 4.49. The summed E-state index contributed by atoms with van der Waals surface area (Å²) in [7, 11) is 0. The van der Waals surface area contributed by atoms with Crippen LogP contribution in [-0.2, 0) is 6.42 Å². The number of nitrogens with zero attached hydrogens (tertiary/aromatic N) is 2. The number of aromatic nitrogens is 2. The minimum atomic E-state index is 0.0283. The van der Waals surface area contributed by atoms with Gasteiger partial charge in [0.25, 0.3) is 0 Å². The highest BCUT2D eigenvalue weighted by Gasteiger charge is 2.25. The van der Waals surface area contributed by atoms with E-state index >= 15 is 0 Å². The maximum absolute atomic E-state index is 12.4. The Morgan fingerprint density at radius 1 is 1.35 bits per heavy atom. The van der Waals surface area contributed by atoms with Crippen LogP contribution in [-0.4, -0.2) is 39.7 Å². The van der Waals surface area contributed by atoms with Crippen LogP contribution in [0.4, 0.5) is 4.79 Å². The molecule has 1 heterocycles. The summed E-state index contributed by atoms with van der Waals surface area (Å²) in [6, 6.07) is 8.43. The summed E-state index contributed by atoms with van der Waals surface area (Å²) >= 11 is 1.36. The molecule has 2 aromatic rings. The standard InChI is InChI=1S/C17H24N4OS/c1-23-20-17(22)21(13-7-3-2-4-8-13)12-11-16-18-14-9-5-6-10-15(14)19-16/h5-6,9-10,13H,2-4,7-8,11-12H2,1H3,(H,18,19)(H,20,22). The van der Waals surface area contributed by atoms with Gasteiger partial charge in [-0.25, -0.2) is 9.78 Å². The molecule has 0 bridgehead atoms. The fourth-order valence-electron chi connectivity index (χ4n) is 3.34. The van der Waals surface area contributed by atoms with Crippen LogP contribution in [0.3, 0.4) is 0 Å². The first kappa shape index (κ1) is 16.2. The van der Waals surface area contributed by atoms with E-state index in [9.17, 15) is 4.79 Å². The van der Waals surface area contributed by atoms with Gasteiger partial charge in [-0.15, -0.1) is 0 Å². The molecule has 6 heteroatoms. The van der Waals surface area contributed by atoms with Crippen LogP contribution in [0.15, 0.2) is 24.3 Å². The molecule has 0 atom stereocenters. The molecule has 0 unspecified atom stereocenters. The van der Waals surface area contributed by atoms with Crippen LogP contribution < -0.4 is 4.72 Å². The predicted octanol–water partition coefficient (Wildman–Crippen LogP) is 3.73. The highest BCUT2D eigenvalue weighted by Crippen LogP contribution is 2.23. The van der Waals surface area contributed by atoms with Crippen molar-refractivity contribution in [3.63, 3.8) is 0 Å². The van der Waals surface area contributed by atoms with Crippen molar-refractivity contribution in [3.05, 3.63) is 30.1 Å². The lowest BCUT2D eigenvalue weighted by molar-refractivity contribution is 0.161. The Morgan fingerprint density at radius 2 is 2.13 bits per heavy atom. The lowest BCUT2D eigenvalue weighted by Crippen LogP contribution is -2.46. The largest absolute Gasteiger partial charge is 0.342 e. The smallest absolute Gasteiger partial charge is 0.327 e. The maximum atomic E-state index is 12.4. The minimum absolute atomic E-state index is 0.0283. The number of benzene rings is 1. The van der Waals surface area contributed by atoms with E-state index in [2.05, 4.69) is 14.7 Å². The van der Waals surface area contributed by atoms with E-state index < -0.39 is 0 Å². The summed E-state index contributed by atoms with van der Waals surface area (Å²) in [5, 5.41) is 0. The number of imidazole rings is 1. The van der Waals surface area contributed by atoms with Crippen LogP contribution in [0.25, 0.3) is 11.0 Å². The average molecular weight is 332 g/mol. The first-order valence-electron chi connectivity index (χ1n) is 8.31. The van der Waals surface area contributed by atoms with Gasteiger partial charge in [-0.05, 0) is 25.0 Å². The molecule has 5 nitrogen and oxygen atoms in total. The molecular weight excluding hydrogens is 308 g/mol. The first-order chi connectivity index (χ1) is 11.3. The monoisotopic (exact) mass is 332 g/mol. The Hall–Kier alpha value is -1.69. The van der Waals surface area contributed by atoms with Gasteiger partial charge in [0.2, 0.25) is 0 Å². The van der Waals surface area contributed by atoms with Crippen molar-refractivity contribution in [1.82, 2.24) is 19.6 Å². The topological polar surface area (TPSA) is 61.0 Å². The minimum Gasteiger partial charge on any atom is -0.342 e. The van der Waals surface area contributed by atoms with Gasteiger partial charge in [-0.2, -0.15) is 0 Å². The number of carbonyl (C=O) groups excluding carboxylic acids is 1. The van der Waals surface area contributed by atoms with Crippen molar-refractivity contribution in [2.24, 2.45) is 0 Å². The lowest BCUT2D eigenvalue weighted by atomic mass is 9.94. The molecule has 124 valence electrons. The van der Waals surface area contributed by atoms with E-state index in [1.54, 1.807) is 0 Å². The molecule has 0 radical (unpaired) electrons. The van der Waals surface area contributed by atoms with E-state index in [1.807, 2.05) is 35.4 Å². The number of H-pyrrole nitrogens is 1. The summed E-state index contributed by atoms with van der Waals surface area (Å²) in [6.07, 6.45) is 8.60. The number of aromatic amines is 1. The normalized spacial score (nSPS) is 15.7. The number of hydrogen-bond donors (Lipinski definition) is 2. The van der Waals surface area contributed by atoms with E-state index in [0.717, 1.165) is 36.1 Å². The zero-order chi connectivity index (χ0) is 16.1. The Bertz CT molecular complexity index is 618. The molecule has 0 aliphatic heterocycles. The van der Waals surface area contributed by atoms with Crippen molar-refractivity contribution < 1.29 is 4.79 Å². The zero-order valence-electron chi connectivity index (χ0n) is 13.5. The van der Waals surface area contributed by atoms with Crippen LogP contribution in [0, 0.1) is 0 Å². The third kappa shape index (κ3) is 3.99. The second-order valence-electron chi connectivity index (χ2n) is 6.05. The highest BCUT2D eigenvalue weighted by atomic mass is 32.2. The Balaban J connectivity index is 1.68. The van der Waals surface area contributed by atoms with Gasteiger partial charge in [0.05, 0.1) is 11.0 Å². The van der Waals surface area contributed by atoms with Crippen molar-refractivity contribution in [2.45, 2.75) is 44.6 Å². The quantitative estimate of drug-likeness (QED) is 0.820. The number of urea groups is 1. The highest BCUT2D eigenvalue weighted by molar-refractivity contribution is 7.97. The second-order valence-corrected chi connectivity index (χ2v) is 6.66. The summed E-state index contributed by atoms with van der Waals surface area (Å²) in [4.78, 5) is 22.4. The fraction of sp³-hybridized carbons (Fsp3) is 0.529. The Morgan fingerprint density at radius 3 is 2.87 bits per heavy atom. The molecule has 2 amide bonds. The maximum Gasteiger partial charge on any atom is 0.327 e. The summed E-state index contributed by atoms with van der Waals surface area (Å²) in [6.45, 7) is 0.705. The second kappa shape index (κ2) is 7.73. The van der Waals surface area contributed by atoms with Gasteiger partial charge < -0.3 is 9.88 Å². The van der Waals surface area contributed by atoms with Gasteiger partial charge in [0.15, 0.2) is 0 Å². The number of carbonyl (C=O) groups is 1. The Kier molecular flexibility index (Phi) is 5.43. The first-order valence-corrected chi connectivity index (χ1v) is 9.53. The van der Waals surface area contributed by atoms with E-state index in [-0.39, 0.29) is 6.03 Å². The molecule has 23 heavy (non-hydrogen) atoms. The molecule has 0 saturated heterocycles. The van der Waals surface area contributed by atoms with Gasteiger partial charge in [0.1, 0.15) is 5.82 Å². The van der Waals surface area contributed by atoms with Crippen LogP contribution in [0.2, 0.25) is 0 Å². The van der Waals surface area contributed by atoms with E-state index in [4.69, 9.17) is 0 Å². The molecule has 1 aromatic heterocycles. The van der Waals surface area contributed by atoms with Gasteiger partial charge >= 0.3 is 6.03 Å². The molecule has 2 N–H and O–H groups in total. The van der Waals surface area contributed by atoms with Crippen molar-refractivity contribution >= 4 is 29.0 Å². The van der Waals surface area contributed by atoms with Crippen LogP contribution >= 0.6 is 11.9 Å². The molecular formula is C17H24N4OS. The molecule has 1 aliphatic carbocycles. The molecule has 1 aromatic carbocycles. The van der Waals surface area contributed by atoms with Crippen LogP contribution in [0.1, 0.15) is 37.9 Å². The van der Waals surface area contributed by atoms with E-state index in [0.29, 0.717) is 12.6 Å². The lowest BCUT2D eigenvalue weighted by Gasteiger charge is -2.34. The van der Waals surface area contributed by atoms with Gasteiger partial charge in [0, 0.05) is 25.3 Å². The van der Waals surface area contributed by atoms with Crippen molar-refractivity contribution in [3.8, 4) is 0 Å².